The van der Waals surface area contributed by atoms with E-state index in [0.29, 0.717) is 48.9 Å². The van der Waals surface area contributed by atoms with Crippen molar-refractivity contribution in [1.29, 1.82) is 0 Å². The van der Waals surface area contributed by atoms with Crippen LogP contribution in [-0.4, -0.2) is 47.8 Å². The van der Waals surface area contributed by atoms with Crippen molar-refractivity contribution < 1.29 is 18.7 Å². The fourth-order valence-corrected chi connectivity index (χ4v) is 4.80. The lowest BCUT2D eigenvalue weighted by atomic mass is 10.2. The number of hydrogen-bond donors (Lipinski definition) is 3. The van der Waals surface area contributed by atoms with Gasteiger partial charge in [-0.2, -0.15) is 0 Å². The number of nitrogens with two attached hydrogens (primary N) is 1. The highest BCUT2D eigenvalue weighted by atomic mass is 32.1. The topological polar surface area (TPSA) is 109 Å². The molecule has 10 heteroatoms. The Labute approximate surface area is 221 Å². The summed E-state index contributed by atoms with van der Waals surface area (Å²) < 4.78 is 18.6. The van der Waals surface area contributed by atoms with Gasteiger partial charge >= 0.3 is 6.09 Å². The molecule has 0 saturated carbocycles. The molecule has 1 aliphatic heterocycles. The van der Waals surface area contributed by atoms with Crippen molar-refractivity contribution in [3.63, 3.8) is 0 Å². The molecule has 2 amide bonds. The van der Waals surface area contributed by atoms with E-state index in [2.05, 4.69) is 22.2 Å². The summed E-state index contributed by atoms with van der Waals surface area (Å²) in [7, 11) is 0. The van der Waals surface area contributed by atoms with Crippen LogP contribution in [0, 0.1) is 5.82 Å². The summed E-state index contributed by atoms with van der Waals surface area (Å²) >= 11 is 1.39. The monoisotopic (exact) mass is 527 g/mol. The van der Waals surface area contributed by atoms with Crippen LogP contribution >= 0.6 is 11.3 Å². The Kier molecular flexibility index (Phi) is 9.60. The Bertz CT molecular complexity index is 1180. The number of nitrogens with zero attached hydrogens (tertiary/aromatic N) is 2. The van der Waals surface area contributed by atoms with Crippen LogP contribution in [0.3, 0.4) is 0 Å². The molecular formula is C27H34FN5O3S. The van der Waals surface area contributed by atoms with Gasteiger partial charge in [0.25, 0.3) is 5.91 Å². The normalized spacial score (nSPS) is 15.9. The first-order valence-corrected chi connectivity index (χ1v) is 12.9. The zero-order valence-electron chi connectivity index (χ0n) is 21.4. The first kappa shape index (κ1) is 28.1. The van der Waals surface area contributed by atoms with E-state index in [0.717, 1.165) is 10.4 Å². The smallest absolute Gasteiger partial charge is 0.407 e. The van der Waals surface area contributed by atoms with E-state index >= 15 is 0 Å². The number of likely N-dealkylation sites (tertiary alicyclic amines) is 1. The van der Waals surface area contributed by atoms with Gasteiger partial charge in [0, 0.05) is 42.8 Å². The molecule has 37 heavy (non-hydrogen) atoms. The van der Waals surface area contributed by atoms with E-state index in [4.69, 9.17) is 10.5 Å². The summed E-state index contributed by atoms with van der Waals surface area (Å²) in [6.07, 6.45) is 6.28. The molecule has 4 N–H and O–H groups in total. The van der Waals surface area contributed by atoms with Crippen LogP contribution in [0.4, 0.5) is 14.9 Å². The van der Waals surface area contributed by atoms with Gasteiger partial charge in [-0.25, -0.2) is 14.2 Å². The third-order valence-corrected chi connectivity index (χ3v) is 6.47. The fourth-order valence-electron chi connectivity index (χ4n) is 3.71. The lowest BCUT2D eigenvalue weighted by Crippen LogP contribution is -2.41. The van der Waals surface area contributed by atoms with Gasteiger partial charge in [0.05, 0.1) is 10.9 Å². The molecule has 2 heterocycles. The van der Waals surface area contributed by atoms with Crippen molar-refractivity contribution in [2.24, 2.45) is 10.7 Å². The number of carbonyl (C=O) groups is 2. The second-order valence-electron chi connectivity index (χ2n) is 9.62. The van der Waals surface area contributed by atoms with Crippen LogP contribution in [0.2, 0.25) is 0 Å². The summed E-state index contributed by atoms with van der Waals surface area (Å²) in [6, 6.07) is 7.76. The van der Waals surface area contributed by atoms with Crippen LogP contribution in [0.15, 0.2) is 53.8 Å². The van der Waals surface area contributed by atoms with Crippen LogP contribution in [0.1, 0.15) is 53.7 Å². The minimum absolute atomic E-state index is 0.0749. The van der Waals surface area contributed by atoms with Gasteiger partial charge in [0.15, 0.2) is 0 Å². The molecule has 0 bridgehead atoms. The summed E-state index contributed by atoms with van der Waals surface area (Å²) in [5.74, 6) is -0.0129. The van der Waals surface area contributed by atoms with Crippen molar-refractivity contribution in [3.05, 3.63) is 69.9 Å². The number of halogens is 1. The molecule has 1 atom stereocenters. The zero-order valence-corrected chi connectivity index (χ0v) is 22.2. The number of ether oxygens (including phenoxy) is 1. The van der Waals surface area contributed by atoms with Gasteiger partial charge in [-0.1, -0.05) is 18.7 Å². The second kappa shape index (κ2) is 12.6. The number of anilines is 1. The highest BCUT2D eigenvalue weighted by Gasteiger charge is 2.30. The maximum atomic E-state index is 13.3. The van der Waals surface area contributed by atoms with E-state index in [9.17, 15) is 14.0 Å². The number of thiophene rings is 1. The Morgan fingerprint density at radius 2 is 2.14 bits per heavy atom. The number of alkyl carbamates (subject to hydrolysis) is 1. The van der Waals surface area contributed by atoms with Gasteiger partial charge in [-0.05, 0) is 63.1 Å². The number of nitrogens with one attached hydrogen (secondary N) is 2. The van der Waals surface area contributed by atoms with Gasteiger partial charge in [-0.15, -0.1) is 11.3 Å². The van der Waals surface area contributed by atoms with Crippen LogP contribution in [0.5, 0.6) is 0 Å². The number of aliphatic imine (C=N–C) groups is 1. The molecule has 0 aliphatic carbocycles. The van der Waals surface area contributed by atoms with Crippen LogP contribution in [-0.2, 0) is 11.3 Å². The number of hydrogen-bond acceptors (Lipinski definition) is 7. The first-order valence-electron chi connectivity index (χ1n) is 12.1. The highest BCUT2D eigenvalue weighted by Crippen LogP contribution is 2.26. The predicted molar refractivity (Wildman–Crippen MR) is 147 cm³/mol. The van der Waals surface area contributed by atoms with Crippen molar-refractivity contribution >= 4 is 41.3 Å². The Balaban J connectivity index is 1.52. The maximum Gasteiger partial charge on any atom is 0.407 e. The molecule has 1 aromatic heterocycles. The highest BCUT2D eigenvalue weighted by molar-refractivity contribution is 7.15. The van der Waals surface area contributed by atoms with E-state index in [1.54, 1.807) is 23.2 Å². The van der Waals surface area contributed by atoms with Crippen LogP contribution < -0.4 is 16.4 Å². The standard InChI is InChI=1S/C27H34FN5O3S/c1-18(31-21-9-7-8-20(28)15-21)30-12-6-5-10-23-19(16-29)14-24(37-23)25(34)33-13-11-22(17-33)32-26(35)36-27(2,3)4/h5,7-10,12,14-15,22,31H,1,6,11,13,16-17,29H2,2-4H3,(H,32,35)/b10-5-,30-12-. The molecule has 1 saturated heterocycles. The van der Waals surface area contributed by atoms with Crippen molar-refractivity contribution in [1.82, 2.24) is 10.2 Å². The largest absolute Gasteiger partial charge is 0.444 e. The molecule has 2 aromatic rings. The molecule has 1 aromatic carbocycles. The minimum Gasteiger partial charge on any atom is -0.444 e. The van der Waals surface area contributed by atoms with E-state index in [1.165, 1.54) is 23.5 Å². The SMILES string of the molecule is C=C(/N=C\C/C=C\c1sc(C(=O)N2CCC(NC(=O)OC(C)(C)C)C2)cc1CN)Nc1cccc(F)c1. The van der Waals surface area contributed by atoms with Crippen LogP contribution in [0.25, 0.3) is 6.08 Å². The number of amides is 2. The molecule has 0 radical (unpaired) electrons. The van der Waals surface area contributed by atoms with E-state index < -0.39 is 11.7 Å². The van der Waals surface area contributed by atoms with Gasteiger partial charge in [0.2, 0.25) is 0 Å². The third kappa shape index (κ3) is 8.83. The maximum absolute atomic E-state index is 13.3. The summed E-state index contributed by atoms with van der Waals surface area (Å²) in [5, 5.41) is 5.77. The van der Waals surface area contributed by atoms with E-state index in [1.807, 2.05) is 39.0 Å². The lowest BCUT2D eigenvalue weighted by Gasteiger charge is -2.22. The summed E-state index contributed by atoms with van der Waals surface area (Å²) in [5.41, 5.74) is 6.81. The average Bonchev–Trinajstić information content (AvgIpc) is 3.44. The molecule has 8 nitrogen and oxygen atoms in total. The zero-order chi connectivity index (χ0) is 27.0. The van der Waals surface area contributed by atoms with Gasteiger partial charge in [0.1, 0.15) is 17.2 Å². The second-order valence-corrected chi connectivity index (χ2v) is 10.7. The number of allylic oxidation sites excluding steroid dienone is 1. The van der Waals surface area contributed by atoms with E-state index in [-0.39, 0.29) is 17.8 Å². The molecule has 0 spiro atoms. The quantitative estimate of drug-likeness (QED) is 0.391. The number of benzene rings is 1. The molecule has 1 unspecified atom stereocenters. The van der Waals surface area contributed by atoms with Crippen molar-refractivity contribution in [3.8, 4) is 0 Å². The Hall–Kier alpha value is -3.50. The molecule has 3 rings (SSSR count). The molecular weight excluding hydrogens is 493 g/mol. The molecule has 1 fully saturated rings. The van der Waals surface area contributed by atoms with Crippen molar-refractivity contribution in [2.45, 2.75) is 51.8 Å². The average molecular weight is 528 g/mol. The predicted octanol–water partition coefficient (Wildman–Crippen LogP) is 5.14. The number of rotatable bonds is 9. The van der Waals surface area contributed by atoms with Gasteiger partial charge in [-0.3, -0.25) is 4.79 Å². The summed E-state index contributed by atoms with van der Waals surface area (Å²) in [6.45, 7) is 10.6. The Morgan fingerprint density at radius 3 is 2.84 bits per heavy atom. The number of carbonyl (C=O) groups excluding carboxylic acids is 2. The molecule has 1 aliphatic rings. The molecule has 198 valence electrons. The van der Waals surface area contributed by atoms with Gasteiger partial charge < -0.3 is 26.0 Å². The Morgan fingerprint density at radius 1 is 1.35 bits per heavy atom. The van der Waals surface area contributed by atoms with Crippen molar-refractivity contribution in [2.75, 3.05) is 18.4 Å². The third-order valence-electron chi connectivity index (χ3n) is 5.34. The first-order chi connectivity index (χ1) is 17.5. The lowest BCUT2D eigenvalue weighted by molar-refractivity contribution is 0.0502. The fraction of sp³-hybridized carbons (Fsp3) is 0.370. The summed E-state index contributed by atoms with van der Waals surface area (Å²) in [4.78, 5) is 32.6. The minimum atomic E-state index is -0.572.